The van der Waals surface area contributed by atoms with Crippen LogP contribution in [0, 0.1) is 5.92 Å². The molecule has 3 heterocycles. The predicted octanol–water partition coefficient (Wildman–Crippen LogP) is 4.36. The summed E-state index contributed by atoms with van der Waals surface area (Å²) in [5.41, 5.74) is 2.16. The van der Waals surface area contributed by atoms with E-state index in [0.29, 0.717) is 23.3 Å². The molecule has 0 spiro atoms. The normalized spacial score (nSPS) is 19.0. The van der Waals surface area contributed by atoms with Crippen LogP contribution in [0.15, 0.2) is 36.8 Å². The van der Waals surface area contributed by atoms with E-state index < -0.39 is 30.6 Å². The maximum atomic E-state index is 13.1. The highest BCUT2D eigenvalue weighted by Crippen LogP contribution is 2.42. The van der Waals surface area contributed by atoms with E-state index >= 15 is 0 Å². The average Bonchev–Trinajstić information content (AvgIpc) is 2.82. The Bertz CT molecular complexity index is 1220. The van der Waals surface area contributed by atoms with E-state index in [4.69, 9.17) is 4.98 Å². The number of carbonyl (C=O) groups excluding carboxylic acids is 1. The van der Waals surface area contributed by atoms with Crippen molar-refractivity contribution in [2.24, 2.45) is 5.92 Å². The number of amides is 1. The molecule has 2 fully saturated rings. The van der Waals surface area contributed by atoms with Gasteiger partial charge in [-0.05, 0) is 32.8 Å². The summed E-state index contributed by atoms with van der Waals surface area (Å²) in [6.45, 7) is 6.58. The van der Waals surface area contributed by atoms with Crippen molar-refractivity contribution in [3.8, 4) is 11.3 Å². The second-order valence-corrected chi connectivity index (χ2v) is 9.76. The van der Waals surface area contributed by atoms with E-state index in [2.05, 4.69) is 44.3 Å². The number of aromatic nitrogens is 4. The molecule has 3 aromatic rings. The van der Waals surface area contributed by atoms with Crippen molar-refractivity contribution in [2.45, 2.75) is 57.5 Å². The molecule has 0 radical (unpaired) electrons. The second kappa shape index (κ2) is 9.41. The Morgan fingerprint density at radius 1 is 1.11 bits per heavy atom. The van der Waals surface area contributed by atoms with Crippen LogP contribution < -0.4 is 10.6 Å². The molecule has 1 saturated heterocycles. The summed E-state index contributed by atoms with van der Waals surface area (Å²) >= 11 is 0. The molecule has 1 aliphatic carbocycles. The fourth-order valence-electron chi connectivity index (χ4n) is 4.65. The lowest BCUT2D eigenvalue weighted by molar-refractivity contribution is -0.145. The maximum absolute atomic E-state index is 13.1. The van der Waals surface area contributed by atoms with Gasteiger partial charge in [-0.1, -0.05) is 12.1 Å². The third-order valence-corrected chi connectivity index (χ3v) is 6.82. The van der Waals surface area contributed by atoms with E-state index in [1.165, 1.54) is 0 Å². The molecule has 1 aliphatic heterocycles. The van der Waals surface area contributed by atoms with Crippen molar-refractivity contribution in [1.29, 1.82) is 0 Å². The largest absolute Gasteiger partial charge is 0.366 e. The number of anilines is 2. The molecule has 0 bridgehead atoms. The summed E-state index contributed by atoms with van der Waals surface area (Å²) in [4.78, 5) is 32.4. The minimum absolute atomic E-state index is 0.101. The van der Waals surface area contributed by atoms with Gasteiger partial charge in [0.15, 0.2) is 0 Å². The van der Waals surface area contributed by atoms with Gasteiger partial charge in [-0.2, -0.15) is 0 Å². The van der Waals surface area contributed by atoms with Gasteiger partial charge in [-0.3, -0.25) is 15.1 Å². The summed E-state index contributed by atoms with van der Waals surface area (Å²) in [7, 11) is 0. The van der Waals surface area contributed by atoms with Crippen LogP contribution in [0.25, 0.3) is 22.2 Å². The molecule has 10 heteroatoms. The molecular weight excluding hydrogens is 452 g/mol. The average molecular weight is 482 g/mol. The van der Waals surface area contributed by atoms with Crippen molar-refractivity contribution in [1.82, 2.24) is 24.8 Å². The van der Waals surface area contributed by atoms with Crippen LogP contribution in [0.4, 0.5) is 20.5 Å². The number of nitrogens with one attached hydrogen (secondary N) is 2. The van der Waals surface area contributed by atoms with Crippen LogP contribution in [0.2, 0.25) is 0 Å². The van der Waals surface area contributed by atoms with Gasteiger partial charge < -0.3 is 10.2 Å². The zero-order chi connectivity index (χ0) is 24.6. The monoisotopic (exact) mass is 481 g/mol. The Morgan fingerprint density at radius 3 is 2.60 bits per heavy atom. The molecule has 0 atom stereocenters. The Hall–Kier alpha value is -3.27. The molecule has 2 aromatic heterocycles. The van der Waals surface area contributed by atoms with Crippen LogP contribution in [0.1, 0.15) is 39.5 Å². The number of hydrogen-bond acceptors (Lipinski definition) is 7. The number of hydrogen-bond donors (Lipinski definition) is 2. The minimum Gasteiger partial charge on any atom is -0.366 e. The molecule has 35 heavy (non-hydrogen) atoms. The molecule has 1 saturated carbocycles. The summed E-state index contributed by atoms with van der Waals surface area (Å²) in [6.07, 6.45) is 6.29. The summed E-state index contributed by atoms with van der Waals surface area (Å²) in [6, 6.07) is 6.59. The van der Waals surface area contributed by atoms with Gasteiger partial charge in [0.1, 0.15) is 5.82 Å². The molecular formula is C25H29F2N7O. The number of halogens is 2. The quantitative estimate of drug-likeness (QED) is 0.540. The SMILES string of the molecule is CC(C)N1CCC(Nc2cncc(-c3ccc4cnc(NC(=O)C5CC(F)(F)C5)nc4c3)n2)CC1. The lowest BCUT2D eigenvalue weighted by atomic mass is 9.81. The summed E-state index contributed by atoms with van der Waals surface area (Å²) in [5, 5.41) is 6.87. The molecule has 5 rings (SSSR count). The number of likely N-dealkylation sites (tertiary alicyclic amines) is 1. The van der Waals surface area contributed by atoms with Gasteiger partial charge in [-0.15, -0.1) is 0 Å². The van der Waals surface area contributed by atoms with Gasteiger partial charge in [-0.25, -0.2) is 23.7 Å². The molecule has 1 aromatic carbocycles. The van der Waals surface area contributed by atoms with Gasteiger partial charge in [0.05, 0.1) is 23.6 Å². The number of rotatable bonds is 6. The summed E-state index contributed by atoms with van der Waals surface area (Å²) < 4.78 is 26.2. The first-order chi connectivity index (χ1) is 16.8. The highest BCUT2D eigenvalue weighted by Gasteiger charge is 2.48. The molecule has 8 nitrogen and oxygen atoms in total. The Balaban J connectivity index is 1.28. The number of alkyl halides is 2. The molecule has 1 amide bonds. The van der Waals surface area contributed by atoms with Crippen LogP contribution in [0.3, 0.4) is 0 Å². The predicted molar refractivity (Wildman–Crippen MR) is 130 cm³/mol. The smallest absolute Gasteiger partial charge is 0.249 e. The van der Waals surface area contributed by atoms with Gasteiger partial charge >= 0.3 is 0 Å². The molecule has 0 unspecified atom stereocenters. The van der Waals surface area contributed by atoms with Crippen LogP contribution in [-0.4, -0.2) is 61.8 Å². The molecule has 2 aliphatic rings. The lowest BCUT2D eigenvalue weighted by Crippen LogP contribution is -2.42. The summed E-state index contributed by atoms with van der Waals surface area (Å²) in [5.74, 6) is -3.10. The van der Waals surface area contributed by atoms with Crippen molar-refractivity contribution < 1.29 is 13.6 Å². The first-order valence-electron chi connectivity index (χ1n) is 12.0. The highest BCUT2D eigenvalue weighted by atomic mass is 19.3. The van der Waals surface area contributed by atoms with Crippen LogP contribution in [-0.2, 0) is 4.79 Å². The maximum Gasteiger partial charge on any atom is 0.249 e. The number of benzene rings is 1. The third-order valence-electron chi connectivity index (χ3n) is 6.82. The minimum atomic E-state index is -2.75. The van der Waals surface area contributed by atoms with Crippen molar-refractivity contribution >= 4 is 28.6 Å². The van der Waals surface area contributed by atoms with E-state index in [9.17, 15) is 13.6 Å². The molecule has 2 N–H and O–H groups in total. The fraction of sp³-hybridized carbons (Fsp3) is 0.480. The van der Waals surface area contributed by atoms with Crippen molar-refractivity contribution in [2.75, 3.05) is 23.7 Å². The van der Waals surface area contributed by atoms with Gasteiger partial charge in [0, 0.05) is 61.1 Å². The zero-order valence-electron chi connectivity index (χ0n) is 19.8. The first kappa shape index (κ1) is 23.5. The Morgan fingerprint density at radius 2 is 1.89 bits per heavy atom. The number of nitrogens with zero attached hydrogens (tertiary/aromatic N) is 5. The van der Waals surface area contributed by atoms with Crippen LogP contribution >= 0.6 is 0 Å². The first-order valence-corrected chi connectivity index (χ1v) is 12.0. The van der Waals surface area contributed by atoms with E-state index in [1.807, 2.05) is 18.2 Å². The number of fused-ring (bicyclic) bond motifs is 1. The third kappa shape index (κ3) is 5.37. The lowest BCUT2D eigenvalue weighted by Gasteiger charge is -2.35. The fourth-order valence-corrected chi connectivity index (χ4v) is 4.65. The van der Waals surface area contributed by atoms with Crippen molar-refractivity contribution in [3.63, 3.8) is 0 Å². The number of piperidine rings is 1. The van der Waals surface area contributed by atoms with Gasteiger partial charge in [0.25, 0.3) is 0 Å². The van der Waals surface area contributed by atoms with Crippen molar-refractivity contribution in [3.05, 3.63) is 36.8 Å². The zero-order valence-corrected chi connectivity index (χ0v) is 19.8. The Labute approximate surface area is 202 Å². The second-order valence-electron chi connectivity index (χ2n) is 9.76. The standard InChI is InChI=1S/C25H29F2N7O/c1-15(2)34-7-5-19(6-8-34)30-22-14-28-13-21(31-22)16-3-4-17-12-29-24(32-20(17)9-16)33-23(35)18-10-25(26,27)11-18/h3-4,9,12-15,18-19H,5-8,10-11H2,1-2H3,(H,30,31)(H,29,32,33,35). The van der Waals surface area contributed by atoms with Gasteiger partial charge in [0.2, 0.25) is 17.8 Å². The highest BCUT2D eigenvalue weighted by molar-refractivity contribution is 5.93. The van der Waals surface area contributed by atoms with E-state index in [0.717, 1.165) is 42.7 Å². The molecule has 184 valence electrons. The number of carbonyl (C=O) groups is 1. The van der Waals surface area contributed by atoms with Crippen LogP contribution in [0.5, 0.6) is 0 Å². The topological polar surface area (TPSA) is 95.9 Å². The van der Waals surface area contributed by atoms with E-state index in [-0.39, 0.29) is 5.95 Å². The Kier molecular flexibility index (Phi) is 6.31. The van der Waals surface area contributed by atoms with E-state index in [1.54, 1.807) is 18.6 Å².